The third kappa shape index (κ3) is 5.01. The number of halogens is 5. The van der Waals surface area contributed by atoms with Crippen LogP contribution in [0.25, 0.3) is 0 Å². The van der Waals surface area contributed by atoms with Crippen LogP contribution in [0.4, 0.5) is 19.0 Å². The molecule has 1 aromatic heterocycles. The topological polar surface area (TPSA) is 120 Å². The molecule has 4 amide bonds. The number of carbonyl (C=O) groups is 4. The fourth-order valence-electron chi connectivity index (χ4n) is 8.52. The van der Waals surface area contributed by atoms with E-state index in [2.05, 4.69) is 10.4 Å². The van der Waals surface area contributed by atoms with Gasteiger partial charge in [0.15, 0.2) is 5.82 Å². The number of carbonyl (C=O) groups excluding carboxylic acids is 4. The van der Waals surface area contributed by atoms with Gasteiger partial charge >= 0.3 is 6.18 Å². The van der Waals surface area contributed by atoms with E-state index in [1.807, 2.05) is 6.08 Å². The number of fused-ring (bicyclic) bond motifs is 4. The van der Waals surface area contributed by atoms with Crippen LogP contribution in [0.5, 0.6) is 5.75 Å². The number of hydrogen-bond donors (Lipinski definition) is 2. The van der Waals surface area contributed by atoms with E-state index in [9.17, 15) is 32.7 Å². The van der Waals surface area contributed by atoms with Crippen molar-refractivity contribution in [3.8, 4) is 5.75 Å². The molecule has 7 rings (SSSR count). The van der Waals surface area contributed by atoms with Gasteiger partial charge in [-0.25, -0.2) is 4.98 Å². The van der Waals surface area contributed by atoms with Gasteiger partial charge in [0, 0.05) is 22.7 Å². The standard InChI is InChI=1S/C36H31Cl2F3N4O5/c1-34(2,3)44-30(47)23-12-11-22-24(27(23)32(44)49)15-25-31(48)45(43-29-26(38)14-19(16-42-29)36(39,40)41)33(50)35(25,18-7-9-20(37)10-8-18)28(22)17-5-4-6-21(46)13-17/h4-11,13-14,16,23-25,27-28,46H,12,15H2,1-3H3,(H,42,43)/t23-,24+,25-,27-,28-,35+/m0/s1. The van der Waals surface area contributed by atoms with Crippen LogP contribution in [0, 0.1) is 23.7 Å². The van der Waals surface area contributed by atoms with Crippen LogP contribution in [0.3, 0.4) is 0 Å². The molecule has 2 aliphatic carbocycles. The van der Waals surface area contributed by atoms with E-state index in [0.29, 0.717) is 34.0 Å². The number of nitrogens with one attached hydrogen (secondary N) is 1. The van der Waals surface area contributed by atoms with Crippen molar-refractivity contribution in [1.29, 1.82) is 0 Å². The van der Waals surface area contributed by atoms with Gasteiger partial charge in [0.25, 0.3) is 11.8 Å². The predicted octanol–water partition coefficient (Wildman–Crippen LogP) is 6.90. The molecule has 260 valence electrons. The van der Waals surface area contributed by atoms with E-state index < -0.39 is 69.1 Å². The van der Waals surface area contributed by atoms with Crippen molar-refractivity contribution in [2.75, 3.05) is 5.43 Å². The zero-order chi connectivity index (χ0) is 36.1. The van der Waals surface area contributed by atoms with Gasteiger partial charge in [0.05, 0.1) is 33.8 Å². The zero-order valence-corrected chi connectivity index (χ0v) is 28.5. The van der Waals surface area contributed by atoms with Crippen molar-refractivity contribution in [1.82, 2.24) is 14.9 Å². The number of pyridine rings is 1. The number of imide groups is 2. The first-order valence-electron chi connectivity index (χ1n) is 16.0. The lowest BCUT2D eigenvalue weighted by Crippen LogP contribution is -2.53. The summed E-state index contributed by atoms with van der Waals surface area (Å²) in [5.74, 6) is -6.75. The van der Waals surface area contributed by atoms with Crippen LogP contribution in [-0.4, -0.2) is 49.2 Å². The summed E-state index contributed by atoms with van der Waals surface area (Å²) in [6, 6.07) is 13.4. The lowest BCUT2D eigenvalue weighted by molar-refractivity contribution is -0.146. The summed E-state index contributed by atoms with van der Waals surface area (Å²) < 4.78 is 40.2. The molecule has 0 bridgehead atoms. The SMILES string of the molecule is CC(C)(C)N1C(=O)[C@H]2[C@H](CC=C3[C@H]2C[C@H]2C(=O)N(Nc4ncc(C(F)(F)F)cc4Cl)C(=O)[C@@]2(c2ccc(Cl)cc2)[C@H]3c2cccc(O)c2)C1=O. The fourth-order valence-corrected chi connectivity index (χ4v) is 8.86. The summed E-state index contributed by atoms with van der Waals surface area (Å²) in [7, 11) is 0. The molecule has 3 fully saturated rings. The van der Waals surface area contributed by atoms with Gasteiger partial charge in [-0.1, -0.05) is 59.1 Å². The third-order valence-electron chi connectivity index (χ3n) is 10.4. The molecule has 14 heteroatoms. The Kier molecular flexibility index (Phi) is 7.87. The Morgan fingerprint density at radius 1 is 0.940 bits per heavy atom. The maximum Gasteiger partial charge on any atom is 0.417 e. The quantitative estimate of drug-likeness (QED) is 0.222. The number of likely N-dealkylation sites (tertiary alicyclic amines) is 1. The highest BCUT2D eigenvalue weighted by Crippen LogP contribution is 2.64. The minimum atomic E-state index is -4.74. The summed E-state index contributed by atoms with van der Waals surface area (Å²) in [4.78, 5) is 62.7. The first kappa shape index (κ1) is 34.0. The third-order valence-corrected chi connectivity index (χ3v) is 11.0. The number of benzene rings is 2. The van der Waals surface area contributed by atoms with Crippen molar-refractivity contribution in [2.24, 2.45) is 23.7 Å². The molecule has 2 N–H and O–H groups in total. The summed E-state index contributed by atoms with van der Waals surface area (Å²) in [6.07, 6.45) is -2.09. The van der Waals surface area contributed by atoms with Crippen LogP contribution in [-0.2, 0) is 30.8 Å². The van der Waals surface area contributed by atoms with Gasteiger partial charge in [0.1, 0.15) is 5.75 Å². The number of hydrazine groups is 1. The normalized spacial score (nSPS) is 28.0. The minimum absolute atomic E-state index is 0.00112. The van der Waals surface area contributed by atoms with Gasteiger partial charge in [-0.05, 0) is 81.0 Å². The Morgan fingerprint density at radius 2 is 1.64 bits per heavy atom. The molecule has 6 atom stereocenters. The van der Waals surface area contributed by atoms with Crippen LogP contribution >= 0.6 is 23.2 Å². The smallest absolute Gasteiger partial charge is 0.417 e. The minimum Gasteiger partial charge on any atom is -0.508 e. The molecule has 0 spiro atoms. The number of nitrogens with zero attached hydrogens (tertiary/aromatic N) is 3. The fraction of sp³-hybridized carbons (Fsp3) is 0.361. The second kappa shape index (κ2) is 11.6. The molecule has 2 aromatic carbocycles. The van der Waals surface area contributed by atoms with Gasteiger partial charge in [-0.3, -0.25) is 29.5 Å². The van der Waals surface area contributed by atoms with E-state index >= 15 is 4.79 Å². The van der Waals surface area contributed by atoms with Crippen LogP contribution < -0.4 is 5.43 Å². The number of hydrogen-bond acceptors (Lipinski definition) is 7. The first-order chi connectivity index (χ1) is 23.5. The number of amides is 4. The van der Waals surface area contributed by atoms with Gasteiger partial charge in [-0.15, -0.1) is 0 Å². The van der Waals surface area contributed by atoms with Crippen molar-refractivity contribution >= 4 is 52.6 Å². The van der Waals surface area contributed by atoms with E-state index in [4.69, 9.17) is 23.2 Å². The number of rotatable bonds is 4. The maximum atomic E-state index is 15.1. The van der Waals surface area contributed by atoms with Crippen LogP contribution in [0.15, 0.2) is 72.4 Å². The molecule has 1 saturated carbocycles. The lowest BCUT2D eigenvalue weighted by atomic mass is 9.49. The number of aromatic hydroxyl groups is 1. The molecule has 50 heavy (non-hydrogen) atoms. The van der Waals surface area contributed by atoms with E-state index in [0.717, 1.165) is 5.01 Å². The summed E-state index contributed by atoms with van der Waals surface area (Å²) in [5.41, 5.74) is 0.573. The largest absolute Gasteiger partial charge is 0.508 e. The molecule has 2 saturated heterocycles. The highest BCUT2D eigenvalue weighted by molar-refractivity contribution is 6.33. The monoisotopic (exact) mass is 726 g/mol. The average molecular weight is 728 g/mol. The molecule has 9 nitrogen and oxygen atoms in total. The highest BCUT2D eigenvalue weighted by Gasteiger charge is 2.70. The van der Waals surface area contributed by atoms with E-state index in [1.54, 1.807) is 57.2 Å². The Bertz CT molecular complexity index is 2000. The molecule has 0 radical (unpaired) electrons. The molecule has 0 unspecified atom stereocenters. The average Bonchev–Trinajstić information content (AvgIpc) is 3.43. The van der Waals surface area contributed by atoms with Crippen molar-refractivity contribution in [2.45, 2.75) is 56.7 Å². The van der Waals surface area contributed by atoms with Crippen LogP contribution in [0.2, 0.25) is 10.0 Å². The number of phenols is 1. The lowest BCUT2D eigenvalue weighted by Gasteiger charge is -2.50. The molecule has 3 heterocycles. The summed E-state index contributed by atoms with van der Waals surface area (Å²) in [6.45, 7) is 5.33. The summed E-state index contributed by atoms with van der Waals surface area (Å²) >= 11 is 12.5. The molecular weight excluding hydrogens is 696 g/mol. The molecule has 2 aliphatic heterocycles. The van der Waals surface area contributed by atoms with E-state index in [-0.39, 0.29) is 36.2 Å². The number of allylic oxidation sites excluding steroid dienone is 2. The molecule has 4 aliphatic rings. The molecule has 3 aromatic rings. The van der Waals surface area contributed by atoms with Gasteiger partial charge in [-0.2, -0.15) is 18.2 Å². The second-order valence-electron chi connectivity index (χ2n) is 14.2. The first-order valence-corrected chi connectivity index (χ1v) is 16.7. The Labute approximate surface area is 295 Å². The van der Waals surface area contributed by atoms with Crippen molar-refractivity contribution in [3.63, 3.8) is 0 Å². The van der Waals surface area contributed by atoms with Crippen LogP contribution in [0.1, 0.15) is 56.2 Å². The second-order valence-corrected chi connectivity index (χ2v) is 15.0. The van der Waals surface area contributed by atoms with Gasteiger partial charge < -0.3 is 5.11 Å². The van der Waals surface area contributed by atoms with Crippen molar-refractivity contribution in [3.05, 3.63) is 99.2 Å². The van der Waals surface area contributed by atoms with Crippen molar-refractivity contribution < 1.29 is 37.5 Å². The summed E-state index contributed by atoms with van der Waals surface area (Å²) in [5, 5.41) is 11.3. The van der Waals surface area contributed by atoms with E-state index in [1.165, 1.54) is 17.0 Å². The zero-order valence-electron chi connectivity index (χ0n) is 27.0. The van der Waals surface area contributed by atoms with Gasteiger partial charge in [0.2, 0.25) is 11.8 Å². The molecular formula is C36H31Cl2F3N4O5. The number of phenolic OH excluding ortho intramolecular Hbond substituents is 1. The Balaban J connectivity index is 1.43. The highest BCUT2D eigenvalue weighted by atomic mass is 35.5. The number of aromatic nitrogens is 1. The predicted molar refractivity (Wildman–Crippen MR) is 177 cm³/mol. The number of alkyl halides is 3. The maximum absolute atomic E-state index is 15.1. The Morgan fingerprint density at radius 3 is 2.26 bits per heavy atom. The Hall–Kier alpha value is -4.42. The number of anilines is 1.